The van der Waals surface area contributed by atoms with Crippen molar-refractivity contribution in [2.75, 3.05) is 5.32 Å². The zero-order valence-corrected chi connectivity index (χ0v) is 16.5. The molecule has 2 N–H and O–H groups in total. The van der Waals surface area contributed by atoms with Gasteiger partial charge in [0, 0.05) is 18.9 Å². The molecule has 4 heterocycles. The van der Waals surface area contributed by atoms with Crippen LogP contribution >= 0.6 is 0 Å². The van der Waals surface area contributed by atoms with Crippen molar-refractivity contribution < 1.29 is 22.8 Å². The molecule has 12 heteroatoms. The van der Waals surface area contributed by atoms with Gasteiger partial charge in [-0.1, -0.05) is 0 Å². The molecule has 4 rings (SSSR count). The number of aromatic nitrogens is 5. The summed E-state index contributed by atoms with van der Waals surface area (Å²) in [5.74, 6) is -0.639. The maximum atomic E-state index is 13.3. The van der Waals surface area contributed by atoms with Gasteiger partial charge in [-0.2, -0.15) is 10.2 Å². The van der Waals surface area contributed by atoms with Crippen LogP contribution in [0.5, 0.6) is 0 Å². The number of fused-ring (bicyclic) bond motifs is 1. The van der Waals surface area contributed by atoms with Gasteiger partial charge in [-0.25, -0.2) is 18.3 Å². The number of carbonyl (C=O) groups excluding carboxylic acids is 2. The first kappa shape index (κ1) is 20.2. The highest BCUT2D eigenvalue weighted by atomic mass is 19.3. The van der Waals surface area contributed by atoms with E-state index in [1.807, 2.05) is 0 Å². The highest BCUT2D eigenvalue weighted by Crippen LogP contribution is 2.23. The molecule has 0 atom stereocenters. The molecule has 0 aliphatic carbocycles. The van der Waals surface area contributed by atoms with E-state index in [1.54, 1.807) is 26.1 Å². The second-order valence-corrected chi connectivity index (χ2v) is 6.70. The van der Waals surface area contributed by atoms with Crippen LogP contribution in [0.1, 0.15) is 44.4 Å². The van der Waals surface area contributed by atoms with Gasteiger partial charge < -0.3 is 15.1 Å². The van der Waals surface area contributed by atoms with Crippen LogP contribution in [-0.4, -0.2) is 36.2 Å². The molecular formula is C19H17F2N7O3. The molecule has 4 aromatic heterocycles. The van der Waals surface area contributed by atoms with Crippen LogP contribution in [0, 0.1) is 6.92 Å². The van der Waals surface area contributed by atoms with E-state index in [2.05, 4.69) is 25.8 Å². The number of aryl methyl sites for hydroxylation is 2. The van der Waals surface area contributed by atoms with Crippen molar-refractivity contribution in [3.8, 4) is 0 Å². The number of furan rings is 1. The predicted molar refractivity (Wildman–Crippen MR) is 104 cm³/mol. The molecule has 0 aliphatic heterocycles. The van der Waals surface area contributed by atoms with Gasteiger partial charge in [-0.05, 0) is 25.1 Å². The lowest BCUT2D eigenvalue weighted by atomic mass is 10.2. The van der Waals surface area contributed by atoms with Crippen molar-refractivity contribution in [2.24, 2.45) is 7.05 Å². The Bertz CT molecular complexity index is 1260. The zero-order valence-electron chi connectivity index (χ0n) is 16.5. The fourth-order valence-corrected chi connectivity index (χ4v) is 3.03. The van der Waals surface area contributed by atoms with Crippen molar-refractivity contribution in [2.45, 2.75) is 19.9 Å². The number of halogens is 2. The van der Waals surface area contributed by atoms with Gasteiger partial charge in [-0.3, -0.25) is 14.3 Å². The van der Waals surface area contributed by atoms with Crippen LogP contribution in [0.4, 0.5) is 14.5 Å². The van der Waals surface area contributed by atoms with E-state index in [0.717, 1.165) is 10.7 Å². The molecule has 0 unspecified atom stereocenters. The monoisotopic (exact) mass is 429 g/mol. The Balaban J connectivity index is 1.59. The molecule has 31 heavy (non-hydrogen) atoms. The first-order valence-electron chi connectivity index (χ1n) is 9.12. The minimum absolute atomic E-state index is 0.0134. The molecule has 0 spiro atoms. The Kier molecular flexibility index (Phi) is 5.19. The number of hydrogen-bond acceptors (Lipinski definition) is 6. The summed E-state index contributed by atoms with van der Waals surface area (Å²) in [7, 11) is 1.59. The van der Waals surface area contributed by atoms with Gasteiger partial charge in [-0.15, -0.1) is 0 Å². The number of nitrogens with zero attached hydrogens (tertiary/aromatic N) is 5. The number of hydrogen-bond donors (Lipinski definition) is 2. The van der Waals surface area contributed by atoms with E-state index in [0.29, 0.717) is 11.5 Å². The summed E-state index contributed by atoms with van der Waals surface area (Å²) >= 11 is 0. The van der Waals surface area contributed by atoms with E-state index < -0.39 is 18.2 Å². The summed E-state index contributed by atoms with van der Waals surface area (Å²) in [4.78, 5) is 29.5. The van der Waals surface area contributed by atoms with Crippen LogP contribution in [0.25, 0.3) is 5.65 Å². The largest absolute Gasteiger partial charge is 0.467 e. The molecular weight excluding hydrogens is 412 g/mol. The molecule has 0 saturated heterocycles. The number of carbonyl (C=O) groups is 2. The zero-order chi connectivity index (χ0) is 22.1. The smallest absolute Gasteiger partial charge is 0.280 e. The average molecular weight is 429 g/mol. The summed E-state index contributed by atoms with van der Waals surface area (Å²) in [6.07, 6.45) is 1.30. The van der Waals surface area contributed by atoms with Crippen LogP contribution in [0.3, 0.4) is 0 Å². The number of anilines is 1. The summed E-state index contributed by atoms with van der Waals surface area (Å²) in [5.41, 5.74) is 0.0383. The SMILES string of the molecule is Cc1cc(C(F)F)n2ncc(C(=O)Nc3cn(C)nc3C(=O)NCc3ccco3)c2n1. The van der Waals surface area contributed by atoms with Gasteiger partial charge in [0.05, 0.1) is 24.7 Å². The third-order valence-electron chi connectivity index (χ3n) is 4.39. The third-order valence-corrected chi connectivity index (χ3v) is 4.39. The van der Waals surface area contributed by atoms with Crippen LogP contribution in [-0.2, 0) is 13.6 Å². The summed E-state index contributed by atoms with van der Waals surface area (Å²) in [5, 5.41) is 13.2. The Morgan fingerprint density at radius 1 is 1.29 bits per heavy atom. The lowest BCUT2D eigenvalue weighted by molar-refractivity contribution is 0.0943. The van der Waals surface area contributed by atoms with Gasteiger partial charge >= 0.3 is 0 Å². The minimum atomic E-state index is -2.79. The summed E-state index contributed by atoms with van der Waals surface area (Å²) in [6.45, 7) is 1.69. The molecule has 0 radical (unpaired) electrons. The highest BCUT2D eigenvalue weighted by molar-refractivity contribution is 6.10. The highest BCUT2D eigenvalue weighted by Gasteiger charge is 2.23. The lowest BCUT2D eigenvalue weighted by Crippen LogP contribution is -2.25. The van der Waals surface area contributed by atoms with Gasteiger partial charge in [0.25, 0.3) is 18.2 Å². The van der Waals surface area contributed by atoms with E-state index in [1.165, 1.54) is 23.2 Å². The third kappa shape index (κ3) is 3.99. The number of amides is 2. The van der Waals surface area contributed by atoms with Crippen molar-refractivity contribution in [1.82, 2.24) is 29.7 Å². The maximum Gasteiger partial charge on any atom is 0.280 e. The molecule has 10 nitrogen and oxygen atoms in total. The van der Waals surface area contributed by atoms with Crippen molar-refractivity contribution >= 4 is 23.1 Å². The topological polar surface area (TPSA) is 119 Å². The van der Waals surface area contributed by atoms with Crippen molar-refractivity contribution in [3.63, 3.8) is 0 Å². The molecule has 0 fully saturated rings. The standard InChI is InChI=1S/C19H17F2N7O3/c1-10-6-14(16(20)21)28-17(24-10)12(8-23-28)18(29)25-13-9-27(2)26-15(13)19(30)22-7-11-4-3-5-31-11/h3-6,8-9,16H,7H2,1-2H3,(H,22,30)(H,25,29). The predicted octanol–water partition coefficient (Wildman–Crippen LogP) is 2.48. The first-order valence-corrected chi connectivity index (χ1v) is 9.12. The minimum Gasteiger partial charge on any atom is -0.467 e. The fraction of sp³-hybridized carbons (Fsp3) is 0.211. The van der Waals surface area contributed by atoms with Crippen LogP contribution in [0.15, 0.2) is 41.3 Å². The van der Waals surface area contributed by atoms with Crippen LogP contribution in [0.2, 0.25) is 0 Å². The van der Waals surface area contributed by atoms with Gasteiger partial charge in [0.2, 0.25) is 0 Å². The lowest BCUT2D eigenvalue weighted by Gasteiger charge is -2.07. The van der Waals surface area contributed by atoms with Gasteiger partial charge in [0.1, 0.15) is 17.0 Å². The normalized spacial score (nSPS) is 11.3. The van der Waals surface area contributed by atoms with Crippen LogP contribution < -0.4 is 10.6 Å². The first-order chi connectivity index (χ1) is 14.8. The Morgan fingerprint density at radius 3 is 2.81 bits per heavy atom. The molecule has 160 valence electrons. The number of alkyl halides is 2. The van der Waals surface area contributed by atoms with Crippen molar-refractivity contribution in [1.29, 1.82) is 0 Å². The Hall–Kier alpha value is -4.09. The Labute approximate surface area is 173 Å². The number of nitrogens with one attached hydrogen (secondary N) is 2. The molecule has 2 amide bonds. The quantitative estimate of drug-likeness (QED) is 0.486. The van der Waals surface area contributed by atoms with Crippen molar-refractivity contribution in [3.05, 3.63) is 65.3 Å². The molecule has 0 bridgehead atoms. The summed E-state index contributed by atoms with van der Waals surface area (Å²) < 4.78 is 34.1. The Morgan fingerprint density at radius 2 is 2.10 bits per heavy atom. The second-order valence-electron chi connectivity index (χ2n) is 6.70. The average Bonchev–Trinajstić information content (AvgIpc) is 3.45. The fourth-order valence-electron chi connectivity index (χ4n) is 3.03. The molecule has 0 saturated carbocycles. The second kappa shape index (κ2) is 7.97. The number of rotatable bonds is 6. The maximum absolute atomic E-state index is 13.3. The van der Waals surface area contributed by atoms with E-state index >= 15 is 0 Å². The molecule has 0 aliphatic rings. The summed E-state index contributed by atoms with van der Waals surface area (Å²) in [6, 6.07) is 4.60. The van der Waals surface area contributed by atoms with E-state index in [4.69, 9.17) is 4.42 Å². The molecule has 4 aromatic rings. The molecule has 0 aromatic carbocycles. The van der Waals surface area contributed by atoms with Gasteiger partial charge in [0.15, 0.2) is 11.3 Å². The van der Waals surface area contributed by atoms with E-state index in [-0.39, 0.29) is 34.8 Å². The van der Waals surface area contributed by atoms with E-state index in [9.17, 15) is 18.4 Å².